The maximum Gasteiger partial charge on any atom is 0.242 e. The fourth-order valence-electron chi connectivity index (χ4n) is 1.92. The summed E-state index contributed by atoms with van der Waals surface area (Å²) >= 11 is 0. The van der Waals surface area contributed by atoms with Crippen molar-refractivity contribution in [3.05, 3.63) is 24.3 Å². The van der Waals surface area contributed by atoms with E-state index in [-0.39, 0.29) is 5.75 Å². The number of rotatable bonds is 8. The van der Waals surface area contributed by atoms with Gasteiger partial charge in [0.25, 0.3) is 0 Å². The van der Waals surface area contributed by atoms with E-state index in [4.69, 9.17) is 0 Å². The topological polar surface area (TPSA) is 109 Å². The summed E-state index contributed by atoms with van der Waals surface area (Å²) < 4.78 is 49.8. The minimum absolute atomic E-state index is 0.0239. The summed E-state index contributed by atoms with van der Waals surface area (Å²) in [6, 6.07) is 6.03. The van der Waals surface area contributed by atoms with Gasteiger partial charge in [0.15, 0.2) is 9.84 Å². The number of hydrogen-bond acceptors (Lipinski definition) is 5. The molecule has 0 heterocycles. The molecule has 1 atom stereocenters. The van der Waals surface area contributed by atoms with Crippen LogP contribution in [0, 0.1) is 0 Å². The van der Waals surface area contributed by atoms with Crippen molar-refractivity contribution in [1.29, 1.82) is 0 Å². The minimum Gasteiger partial charge on any atom is -0.325 e. The molecule has 1 rings (SSSR count). The van der Waals surface area contributed by atoms with E-state index in [1.54, 1.807) is 6.92 Å². The highest BCUT2D eigenvalue weighted by molar-refractivity contribution is 7.93. The number of amides is 1. The Morgan fingerprint density at radius 3 is 1.96 bits per heavy atom. The summed E-state index contributed by atoms with van der Waals surface area (Å²) in [7, 11) is -6.92. The smallest absolute Gasteiger partial charge is 0.242 e. The van der Waals surface area contributed by atoms with Crippen molar-refractivity contribution >= 4 is 37.1 Å². The summed E-state index contributed by atoms with van der Waals surface area (Å²) in [4.78, 5) is 12.1. The van der Waals surface area contributed by atoms with Crippen LogP contribution in [-0.4, -0.2) is 39.0 Å². The molecule has 0 bridgehead atoms. The van der Waals surface area contributed by atoms with Gasteiger partial charge in [0.05, 0.1) is 11.0 Å². The Morgan fingerprint density at radius 1 is 1.00 bits per heavy atom. The zero-order valence-electron chi connectivity index (χ0n) is 14.2. The average molecular weight is 377 g/mol. The Bertz CT molecular complexity index is 769. The van der Waals surface area contributed by atoms with E-state index in [2.05, 4.69) is 10.0 Å². The number of anilines is 2. The molecule has 0 aromatic heterocycles. The average Bonchev–Trinajstić information content (AvgIpc) is 2.47. The molecule has 0 spiro atoms. The van der Waals surface area contributed by atoms with E-state index in [0.29, 0.717) is 17.8 Å². The van der Waals surface area contributed by atoms with Gasteiger partial charge < -0.3 is 5.32 Å². The minimum atomic E-state index is -3.54. The molecule has 9 heteroatoms. The normalized spacial score (nSPS) is 13.5. The molecule has 7 nitrogen and oxygen atoms in total. The Labute approximate surface area is 143 Å². The summed E-state index contributed by atoms with van der Waals surface area (Å²) in [6.45, 7) is 6.16. The number of carbonyl (C=O) groups excluding carboxylic acids is 1. The van der Waals surface area contributed by atoms with Crippen molar-refractivity contribution in [1.82, 2.24) is 0 Å². The molecule has 0 radical (unpaired) electrons. The molecule has 1 aromatic carbocycles. The SMILES string of the molecule is CCCS(=O)(=O)Nc1ccc(NC(=O)C(C)S(=O)(=O)C(C)C)cc1. The van der Waals surface area contributed by atoms with Crippen LogP contribution < -0.4 is 10.0 Å². The second kappa shape index (κ2) is 7.98. The Balaban J connectivity index is 2.79. The molecular formula is C15H24N2O5S2. The molecule has 0 saturated carbocycles. The third kappa shape index (κ3) is 5.48. The van der Waals surface area contributed by atoms with Crippen molar-refractivity contribution in [3.8, 4) is 0 Å². The lowest BCUT2D eigenvalue weighted by Gasteiger charge is -2.16. The first-order valence-corrected chi connectivity index (χ1v) is 10.9. The zero-order chi connectivity index (χ0) is 18.5. The van der Waals surface area contributed by atoms with Crippen LogP contribution in [0.2, 0.25) is 0 Å². The predicted octanol–water partition coefficient (Wildman–Crippen LogP) is 1.99. The van der Waals surface area contributed by atoms with Gasteiger partial charge in [0, 0.05) is 11.4 Å². The third-order valence-corrected chi connectivity index (χ3v) is 7.42. The second-order valence-electron chi connectivity index (χ2n) is 5.77. The van der Waals surface area contributed by atoms with Crippen LogP contribution in [0.1, 0.15) is 34.1 Å². The molecule has 1 amide bonds. The maximum atomic E-state index is 12.1. The van der Waals surface area contributed by atoms with Gasteiger partial charge in [-0.1, -0.05) is 6.92 Å². The van der Waals surface area contributed by atoms with E-state index < -0.39 is 36.3 Å². The second-order valence-corrected chi connectivity index (χ2v) is 10.4. The molecule has 0 fully saturated rings. The van der Waals surface area contributed by atoms with Gasteiger partial charge in [-0.15, -0.1) is 0 Å². The largest absolute Gasteiger partial charge is 0.325 e. The first kappa shape index (κ1) is 20.4. The van der Waals surface area contributed by atoms with Crippen LogP contribution in [0.3, 0.4) is 0 Å². The monoisotopic (exact) mass is 376 g/mol. The zero-order valence-corrected chi connectivity index (χ0v) is 15.9. The number of carbonyl (C=O) groups is 1. The van der Waals surface area contributed by atoms with E-state index in [0.717, 1.165) is 0 Å². The highest BCUT2D eigenvalue weighted by Gasteiger charge is 2.30. The fourth-order valence-corrected chi connectivity index (χ4v) is 4.23. The Kier molecular flexibility index (Phi) is 6.79. The van der Waals surface area contributed by atoms with Gasteiger partial charge in [0.2, 0.25) is 15.9 Å². The lowest BCUT2D eigenvalue weighted by atomic mass is 10.3. The third-order valence-electron chi connectivity index (χ3n) is 3.42. The van der Waals surface area contributed by atoms with Crippen molar-refractivity contribution in [2.75, 3.05) is 15.8 Å². The first-order chi connectivity index (χ1) is 11.0. The van der Waals surface area contributed by atoms with Gasteiger partial charge in [-0.3, -0.25) is 9.52 Å². The molecule has 24 heavy (non-hydrogen) atoms. The van der Waals surface area contributed by atoms with Crippen LogP contribution in [0.15, 0.2) is 24.3 Å². The number of nitrogens with one attached hydrogen (secondary N) is 2. The number of sulfone groups is 1. The van der Waals surface area contributed by atoms with Gasteiger partial charge in [0.1, 0.15) is 5.25 Å². The van der Waals surface area contributed by atoms with Crippen molar-refractivity contribution < 1.29 is 21.6 Å². The van der Waals surface area contributed by atoms with Gasteiger partial charge in [-0.2, -0.15) is 0 Å². The lowest BCUT2D eigenvalue weighted by Crippen LogP contribution is -2.36. The maximum absolute atomic E-state index is 12.1. The highest BCUT2D eigenvalue weighted by Crippen LogP contribution is 2.17. The number of hydrogen-bond donors (Lipinski definition) is 2. The van der Waals surface area contributed by atoms with Gasteiger partial charge >= 0.3 is 0 Å². The van der Waals surface area contributed by atoms with Gasteiger partial charge in [-0.05, 0) is 51.5 Å². The van der Waals surface area contributed by atoms with Crippen molar-refractivity contribution in [2.45, 2.75) is 44.6 Å². The van der Waals surface area contributed by atoms with E-state index in [1.165, 1.54) is 45.0 Å². The molecular weight excluding hydrogens is 352 g/mol. The standard InChI is InChI=1S/C15H24N2O5S2/c1-5-10-23(19,20)17-14-8-6-13(7-9-14)16-15(18)12(4)24(21,22)11(2)3/h6-9,11-12,17H,5,10H2,1-4H3,(H,16,18). The van der Waals surface area contributed by atoms with Crippen LogP contribution in [0.4, 0.5) is 11.4 Å². The molecule has 0 aliphatic heterocycles. The summed E-state index contributed by atoms with van der Waals surface area (Å²) in [6.07, 6.45) is 0.506. The summed E-state index contributed by atoms with van der Waals surface area (Å²) in [5.74, 6) is -0.598. The van der Waals surface area contributed by atoms with E-state index in [1.807, 2.05) is 0 Å². The van der Waals surface area contributed by atoms with Crippen LogP contribution in [-0.2, 0) is 24.7 Å². The molecule has 2 N–H and O–H groups in total. The molecule has 136 valence electrons. The fraction of sp³-hybridized carbons (Fsp3) is 0.533. The van der Waals surface area contributed by atoms with Crippen LogP contribution in [0.25, 0.3) is 0 Å². The quantitative estimate of drug-likeness (QED) is 0.721. The first-order valence-electron chi connectivity index (χ1n) is 7.63. The highest BCUT2D eigenvalue weighted by atomic mass is 32.2. The lowest BCUT2D eigenvalue weighted by molar-refractivity contribution is -0.115. The molecule has 1 unspecified atom stereocenters. The number of sulfonamides is 1. The summed E-state index contributed by atoms with van der Waals surface area (Å²) in [5, 5.41) is 0.711. The molecule has 0 aliphatic carbocycles. The summed E-state index contributed by atoms with van der Waals surface area (Å²) in [5.41, 5.74) is 0.772. The number of benzene rings is 1. The molecule has 0 saturated heterocycles. The van der Waals surface area contributed by atoms with Crippen molar-refractivity contribution in [2.24, 2.45) is 0 Å². The Morgan fingerprint density at radius 2 is 1.50 bits per heavy atom. The van der Waals surface area contributed by atoms with Crippen LogP contribution >= 0.6 is 0 Å². The van der Waals surface area contributed by atoms with Gasteiger partial charge in [-0.25, -0.2) is 16.8 Å². The van der Waals surface area contributed by atoms with E-state index >= 15 is 0 Å². The van der Waals surface area contributed by atoms with E-state index in [9.17, 15) is 21.6 Å². The van der Waals surface area contributed by atoms with Crippen LogP contribution in [0.5, 0.6) is 0 Å². The van der Waals surface area contributed by atoms with Crippen molar-refractivity contribution in [3.63, 3.8) is 0 Å². The predicted molar refractivity (Wildman–Crippen MR) is 96.3 cm³/mol. The Hall–Kier alpha value is -1.61. The molecule has 0 aliphatic rings. The molecule has 1 aromatic rings.